The van der Waals surface area contributed by atoms with Crippen LogP contribution in [0.1, 0.15) is 30.4 Å². The summed E-state index contributed by atoms with van der Waals surface area (Å²) in [5.41, 5.74) is 0.599. The summed E-state index contributed by atoms with van der Waals surface area (Å²) in [6.07, 6.45) is 3.61. The van der Waals surface area contributed by atoms with Crippen LogP contribution in [0, 0.1) is 0 Å². The van der Waals surface area contributed by atoms with Crippen molar-refractivity contribution < 1.29 is 5.11 Å². The molecule has 118 valence electrons. The van der Waals surface area contributed by atoms with Gasteiger partial charge in [-0.2, -0.15) is 0 Å². The number of amidine groups is 1. The van der Waals surface area contributed by atoms with Gasteiger partial charge in [0.1, 0.15) is 5.84 Å². The van der Waals surface area contributed by atoms with Crippen molar-refractivity contribution in [3.8, 4) is 0 Å². The Morgan fingerprint density at radius 3 is 2.13 bits per heavy atom. The van der Waals surface area contributed by atoms with Crippen molar-refractivity contribution in [2.24, 2.45) is 4.99 Å². The molecule has 0 spiro atoms. The summed E-state index contributed by atoms with van der Waals surface area (Å²) in [5.74, 6) is 0.819. The van der Waals surface area contributed by atoms with Crippen LogP contribution in [-0.4, -0.2) is 35.0 Å². The molecule has 2 aliphatic rings. The van der Waals surface area contributed by atoms with Crippen molar-refractivity contribution in [2.45, 2.75) is 30.9 Å². The summed E-state index contributed by atoms with van der Waals surface area (Å²) < 4.78 is 0. The van der Waals surface area contributed by atoms with E-state index < -0.39 is 5.60 Å². The fraction of sp³-hybridized carbons (Fsp3) is 0.350. The van der Waals surface area contributed by atoms with Crippen LogP contribution in [0.15, 0.2) is 65.7 Å². The quantitative estimate of drug-likeness (QED) is 0.945. The van der Waals surface area contributed by atoms with Crippen LogP contribution in [0.25, 0.3) is 0 Å². The van der Waals surface area contributed by atoms with Gasteiger partial charge in [-0.25, -0.2) is 0 Å². The Bertz CT molecular complexity index is 657. The van der Waals surface area contributed by atoms with Crippen LogP contribution in [0.5, 0.6) is 0 Å². The van der Waals surface area contributed by atoms with Crippen molar-refractivity contribution >= 4 is 5.84 Å². The minimum Gasteiger partial charge on any atom is -0.373 e. The minimum atomic E-state index is -1.17. The smallest absolute Gasteiger partial charge is 0.172 e. The highest BCUT2D eigenvalue weighted by Gasteiger charge is 2.45. The lowest BCUT2D eigenvalue weighted by Crippen LogP contribution is -2.50. The maximum Gasteiger partial charge on any atom is 0.172 e. The van der Waals surface area contributed by atoms with E-state index in [1.54, 1.807) is 0 Å². The second-order valence-corrected chi connectivity index (χ2v) is 6.45. The van der Waals surface area contributed by atoms with Crippen LogP contribution >= 0.6 is 0 Å². The van der Waals surface area contributed by atoms with E-state index in [2.05, 4.69) is 4.90 Å². The van der Waals surface area contributed by atoms with Crippen molar-refractivity contribution in [2.75, 3.05) is 13.1 Å². The normalized spacial score (nSPS) is 21.0. The number of aliphatic hydroxyl groups is 1. The Morgan fingerprint density at radius 1 is 0.913 bits per heavy atom. The molecule has 0 aromatic heterocycles. The molecule has 1 N–H and O–H groups in total. The van der Waals surface area contributed by atoms with Gasteiger partial charge in [-0.05, 0) is 30.4 Å². The van der Waals surface area contributed by atoms with Crippen LogP contribution < -0.4 is 0 Å². The molecule has 1 saturated heterocycles. The highest BCUT2D eigenvalue weighted by atomic mass is 16.3. The Morgan fingerprint density at radius 2 is 1.52 bits per heavy atom. The largest absolute Gasteiger partial charge is 0.373 e. The van der Waals surface area contributed by atoms with Gasteiger partial charge < -0.3 is 10.0 Å². The third kappa shape index (κ3) is 2.36. The standard InChI is InChI=1S/C20H22N2O/c23-20(16-9-3-1-4-10-16,17-11-5-2-6-12-17)19-21-15-18-13-7-8-14-22(18)19/h1-6,9-12,18,23H,7-8,13-15H2. The van der Waals surface area contributed by atoms with E-state index in [-0.39, 0.29) is 0 Å². The van der Waals surface area contributed by atoms with Crippen molar-refractivity contribution in [3.05, 3.63) is 71.8 Å². The first-order chi connectivity index (χ1) is 11.3. The highest BCUT2D eigenvalue weighted by Crippen LogP contribution is 2.37. The van der Waals surface area contributed by atoms with E-state index in [9.17, 15) is 5.11 Å². The number of fused-ring (bicyclic) bond motifs is 1. The van der Waals surface area contributed by atoms with Crippen LogP contribution in [-0.2, 0) is 5.60 Å². The molecule has 0 bridgehead atoms. The molecule has 0 radical (unpaired) electrons. The molecule has 1 unspecified atom stereocenters. The lowest BCUT2D eigenvalue weighted by molar-refractivity contribution is 0.130. The molecule has 4 rings (SSSR count). The van der Waals surface area contributed by atoms with Gasteiger partial charge in [0, 0.05) is 12.6 Å². The summed E-state index contributed by atoms with van der Waals surface area (Å²) in [5, 5.41) is 11.8. The summed E-state index contributed by atoms with van der Waals surface area (Å²) in [6.45, 7) is 1.79. The molecule has 3 nitrogen and oxygen atoms in total. The first-order valence-electron chi connectivity index (χ1n) is 8.45. The Kier molecular flexibility index (Phi) is 3.66. The monoisotopic (exact) mass is 306 g/mol. The summed E-state index contributed by atoms with van der Waals surface area (Å²) >= 11 is 0. The molecule has 3 heteroatoms. The van der Waals surface area contributed by atoms with Gasteiger partial charge in [-0.15, -0.1) is 0 Å². The molecule has 0 aliphatic carbocycles. The zero-order valence-corrected chi connectivity index (χ0v) is 13.2. The number of benzene rings is 2. The Balaban J connectivity index is 1.84. The molecule has 0 amide bonds. The van der Waals surface area contributed by atoms with Crippen molar-refractivity contribution in [1.82, 2.24) is 4.90 Å². The Hall–Kier alpha value is -2.13. The molecule has 2 aliphatic heterocycles. The van der Waals surface area contributed by atoms with E-state index in [0.717, 1.165) is 30.1 Å². The zero-order chi connectivity index (χ0) is 15.7. The summed E-state index contributed by atoms with van der Waals surface area (Å²) in [7, 11) is 0. The third-order valence-corrected chi connectivity index (χ3v) is 5.06. The van der Waals surface area contributed by atoms with E-state index in [0.29, 0.717) is 6.04 Å². The summed E-state index contributed by atoms with van der Waals surface area (Å²) in [6, 6.07) is 20.3. The highest BCUT2D eigenvalue weighted by molar-refractivity contribution is 5.96. The number of nitrogens with zero attached hydrogens (tertiary/aromatic N) is 2. The average Bonchev–Trinajstić information content (AvgIpc) is 3.07. The third-order valence-electron chi connectivity index (χ3n) is 5.06. The zero-order valence-electron chi connectivity index (χ0n) is 13.2. The molecule has 2 heterocycles. The molecule has 1 fully saturated rings. The number of hydrogen-bond acceptors (Lipinski definition) is 3. The maximum atomic E-state index is 11.8. The van der Waals surface area contributed by atoms with E-state index in [1.165, 1.54) is 19.3 Å². The predicted octanol–water partition coefficient (Wildman–Crippen LogP) is 3.19. The van der Waals surface area contributed by atoms with E-state index >= 15 is 0 Å². The molecule has 2 aromatic carbocycles. The lowest BCUT2D eigenvalue weighted by Gasteiger charge is -2.39. The topological polar surface area (TPSA) is 35.8 Å². The molecular weight excluding hydrogens is 284 g/mol. The van der Waals surface area contributed by atoms with Gasteiger partial charge >= 0.3 is 0 Å². The van der Waals surface area contributed by atoms with Gasteiger partial charge in [0.2, 0.25) is 0 Å². The van der Waals surface area contributed by atoms with Crippen LogP contribution in [0.3, 0.4) is 0 Å². The second-order valence-electron chi connectivity index (χ2n) is 6.45. The van der Waals surface area contributed by atoms with Crippen LogP contribution in [0.4, 0.5) is 0 Å². The fourth-order valence-electron chi connectivity index (χ4n) is 3.86. The molecule has 2 aromatic rings. The van der Waals surface area contributed by atoms with Gasteiger partial charge in [0.25, 0.3) is 0 Å². The van der Waals surface area contributed by atoms with Crippen molar-refractivity contribution in [3.63, 3.8) is 0 Å². The SMILES string of the molecule is OC(C1=NCC2CCCCN12)(c1ccccc1)c1ccccc1. The molecule has 23 heavy (non-hydrogen) atoms. The summed E-state index contributed by atoms with van der Waals surface area (Å²) in [4.78, 5) is 7.13. The number of hydrogen-bond donors (Lipinski definition) is 1. The molecule has 0 saturated carbocycles. The molecular formula is C20H22N2O. The number of piperidine rings is 1. The van der Waals surface area contributed by atoms with E-state index in [4.69, 9.17) is 4.99 Å². The number of aliphatic imine (C=N–C) groups is 1. The first kappa shape index (κ1) is 14.5. The van der Waals surface area contributed by atoms with Gasteiger partial charge in [-0.1, -0.05) is 60.7 Å². The lowest BCUT2D eigenvalue weighted by atomic mass is 9.84. The molecule has 1 atom stereocenters. The Labute approximate surface area is 137 Å². The van der Waals surface area contributed by atoms with Gasteiger partial charge in [-0.3, -0.25) is 4.99 Å². The first-order valence-corrected chi connectivity index (χ1v) is 8.45. The average molecular weight is 306 g/mol. The maximum absolute atomic E-state index is 11.8. The van der Waals surface area contributed by atoms with Gasteiger partial charge in [0.05, 0.1) is 6.54 Å². The van der Waals surface area contributed by atoms with Gasteiger partial charge in [0.15, 0.2) is 5.60 Å². The van der Waals surface area contributed by atoms with Crippen LogP contribution in [0.2, 0.25) is 0 Å². The second kappa shape index (κ2) is 5.82. The van der Waals surface area contributed by atoms with E-state index in [1.807, 2.05) is 60.7 Å². The predicted molar refractivity (Wildman–Crippen MR) is 92.5 cm³/mol. The van der Waals surface area contributed by atoms with Crippen molar-refractivity contribution in [1.29, 1.82) is 0 Å². The minimum absolute atomic E-state index is 0.456. The fourth-order valence-corrected chi connectivity index (χ4v) is 3.86. The number of rotatable bonds is 3.